The number of esters is 1. The zero-order valence-corrected chi connectivity index (χ0v) is 19.2. The van der Waals surface area contributed by atoms with Crippen LogP contribution in [0.4, 0.5) is 5.69 Å². The summed E-state index contributed by atoms with van der Waals surface area (Å²) in [5, 5.41) is 2.86. The van der Waals surface area contributed by atoms with Crippen LogP contribution in [0, 0.1) is 0 Å². The van der Waals surface area contributed by atoms with Crippen molar-refractivity contribution in [1.29, 1.82) is 0 Å². The lowest BCUT2D eigenvalue weighted by Gasteiger charge is -2.26. The van der Waals surface area contributed by atoms with Crippen molar-refractivity contribution in [3.63, 3.8) is 0 Å². The number of nitrogens with zero attached hydrogens (tertiary/aromatic N) is 1. The molecule has 1 N–H and O–H groups in total. The van der Waals surface area contributed by atoms with E-state index in [4.69, 9.17) is 4.74 Å². The Morgan fingerprint density at radius 1 is 1.06 bits per heavy atom. The van der Waals surface area contributed by atoms with Gasteiger partial charge in [0, 0.05) is 23.9 Å². The van der Waals surface area contributed by atoms with E-state index in [-0.39, 0.29) is 18.4 Å². The number of rotatable bonds is 6. The van der Waals surface area contributed by atoms with Crippen molar-refractivity contribution in [3.8, 4) is 0 Å². The van der Waals surface area contributed by atoms with E-state index < -0.39 is 12.1 Å². The number of cyclic esters (lactones) is 1. The molecule has 0 aliphatic carbocycles. The molecular formula is C26H24N2O4S. The van der Waals surface area contributed by atoms with Gasteiger partial charge in [-0.15, -0.1) is 11.8 Å². The van der Waals surface area contributed by atoms with Crippen LogP contribution in [-0.2, 0) is 16.0 Å². The maximum atomic E-state index is 13.0. The minimum Gasteiger partial charge on any atom is -0.454 e. The van der Waals surface area contributed by atoms with Crippen LogP contribution in [0.15, 0.2) is 77.7 Å². The molecule has 2 amide bonds. The fraction of sp³-hybridized carbons (Fsp3) is 0.192. The number of likely N-dealkylation sites (N-methyl/N-ethyl adjacent to an activating group) is 1. The van der Waals surface area contributed by atoms with E-state index in [2.05, 4.69) is 5.32 Å². The van der Waals surface area contributed by atoms with Crippen molar-refractivity contribution in [2.75, 3.05) is 25.2 Å². The summed E-state index contributed by atoms with van der Waals surface area (Å²) < 4.78 is 5.59. The topological polar surface area (TPSA) is 75.7 Å². The molecule has 1 atom stereocenters. The Kier molecular flexibility index (Phi) is 6.79. The summed E-state index contributed by atoms with van der Waals surface area (Å²) in [6.07, 6.45) is 2.04. The van der Waals surface area contributed by atoms with Gasteiger partial charge in [0.05, 0.1) is 17.8 Å². The summed E-state index contributed by atoms with van der Waals surface area (Å²) in [6, 6.07) is 22.0. The molecular weight excluding hydrogens is 436 g/mol. The summed E-state index contributed by atoms with van der Waals surface area (Å²) in [4.78, 5) is 40.3. The second-order valence-electron chi connectivity index (χ2n) is 7.79. The Bertz CT molecular complexity index is 1200. The molecule has 0 spiro atoms. The molecule has 0 saturated carbocycles. The molecule has 0 radical (unpaired) electrons. The molecule has 1 aliphatic rings. The molecule has 0 fully saturated rings. The fourth-order valence-electron chi connectivity index (χ4n) is 3.83. The smallest absolute Gasteiger partial charge is 0.339 e. The zero-order chi connectivity index (χ0) is 23.4. The number of nitrogens with one attached hydrogen (secondary N) is 1. The van der Waals surface area contributed by atoms with E-state index in [1.54, 1.807) is 25.2 Å². The van der Waals surface area contributed by atoms with Crippen molar-refractivity contribution >= 4 is 35.2 Å². The number of hydrogen-bond acceptors (Lipinski definition) is 5. The number of carbonyl (C=O) groups excluding carboxylic acids is 3. The quantitative estimate of drug-likeness (QED) is 0.431. The number of thioether (sulfide) groups is 1. The summed E-state index contributed by atoms with van der Waals surface area (Å²) in [5.74, 6) is -0.969. The molecule has 7 heteroatoms. The Morgan fingerprint density at radius 3 is 2.55 bits per heavy atom. The van der Waals surface area contributed by atoms with Crippen LogP contribution in [0.25, 0.3) is 0 Å². The van der Waals surface area contributed by atoms with E-state index in [1.807, 2.05) is 60.9 Å². The van der Waals surface area contributed by atoms with Gasteiger partial charge in [0.25, 0.3) is 5.91 Å². The van der Waals surface area contributed by atoms with Crippen LogP contribution in [-0.4, -0.2) is 42.5 Å². The molecule has 3 aromatic rings. The Hall–Kier alpha value is -3.58. The molecule has 168 valence electrons. The third kappa shape index (κ3) is 5.09. The summed E-state index contributed by atoms with van der Waals surface area (Å²) in [6.45, 7) is -0.0900. The Morgan fingerprint density at radius 2 is 1.79 bits per heavy atom. The number of benzene rings is 3. The number of hydrogen-bond donors (Lipinski definition) is 1. The number of amides is 2. The lowest BCUT2D eigenvalue weighted by molar-refractivity contribution is -0.116. The van der Waals surface area contributed by atoms with Gasteiger partial charge in [0.15, 0.2) is 0 Å². The van der Waals surface area contributed by atoms with Crippen molar-refractivity contribution in [1.82, 2.24) is 4.90 Å². The molecule has 33 heavy (non-hydrogen) atoms. The minimum atomic E-state index is -0.399. The molecule has 1 aliphatic heterocycles. The molecule has 1 heterocycles. The summed E-state index contributed by atoms with van der Waals surface area (Å²) >= 11 is 1.54. The second-order valence-corrected chi connectivity index (χ2v) is 8.64. The lowest BCUT2D eigenvalue weighted by atomic mass is 9.93. The molecule has 0 unspecified atom stereocenters. The predicted molar refractivity (Wildman–Crippen MR) is 129 cm³/mol. The van der Waals surface area contributed by atoms with Crippen LogP contribution >= 0.6 is 11.8 Å². The number of carbonyl (C=O) groups is 3. The standard InChI is InChI=1S/C26H24N2O4S/c1-28(16-24(29)27-21-10-6-7-11-23(21)33-2)25(30)18-12-13-20-19(14-18)15-22(32-26(20)31)17-8-4-3-5-9-17/h3-14,22H,15-16H2,1-2H3,(H,27,29)/t22-/m1/s1. The molecule has 0 bridgehead atoms. The number of ether oxygens (including phenoxy) is 1. The molecule has 4 rings (SSSR count). The van der Waals surface area contributed by atoms with Crippen molar-refractivity contribution < 1.29 is 19.1 Å². The van der Waals surface area contributed by atoms with E-state index in [1.165, 1.54) is 16.7 Å². The van der Waals surface area contributed by atoms with E-state index in [0.717, 1.165) is 21.7 Å². The van der Waals surface area contributed by atoms with E-state index in [0.29, 0.717) is 17.5 Å². The van der Waals surface area contributed by atoms with Crippen LogP contribution in [0.2, 0.25) is 0 Å². The highest BCUT2D eigenvalue weighted by atomic mass is 32.2. The third-order valence-electron chi connectivity index (χ3n) is 5.51. The van der Waals surface area contributed by atoms with Gasteiger partial charge in [-0.2, -0.15) is 0 Å². The number of para-hydroxylation sites is 1. The van der Waals surface area contributed by atoms with Crippen LogP contribution in [0.1, 0.15) is 37.9 Å². The van der Waals surface area contributed by atoms with Gasteiger partial charge >= 0.3 is 5.97 Å². The second kappa shape index (κ2) is 9.92. The summed E-state index contributed by atoms with van der Waals surface area (Å²) in [7, 11) is 1.59. The molecule has 0 aromatic heterocycles. The highest BCUT2D eigenvalue weighted by Crippen LogP contribution is 2.31. The first-order chi connectivity index (χ1) is 16.0. The van der Waals surface area contributed by atoms with Crippen molar-refractivity contribution in [2.24, 2.45) is 0 Å². The van der Waals surface area contributed by atoms with Gasteiger partial charge in [-0.05, 0) is 47.7 Å². The normalized spacial score (nSPS) is 14.7. The third-order valence-corrected chi connectivity index (χ3v) is 6.30. The molecule has 0 saturated heterocycles. The van der Waals surface area contributed by atoms with Gasteiger partial charge in [-0.25, -0.2) is 4.79 Å². The summed E-state index contributed by atoms with van der Waals surface area (Å²) in [5.41, 5.74) is 3.28. The first-order valence-electron chi connectivity index (χ1n) is 10.5. The fourth-order valence-corrected chi connectivity index (χ4v) is 4.38. The Balaban J connectivity index is 1.46. The predicted octanol–water partition coefficient (Wildman–Crippen LogP) is 4.57. The lowest BCUT2D eigenvalue weighted by Crippen LogP contribution is -2.35. The maximum absolute atomic E-state index is 13.0. The first kappa shape index (κ1) is 22.6. The van der Waals surface area contributed by atoms with Crippen LogP contribution in [0.5, 0.6) is 0 Å². The van der Waals surface area contributed by atoms with Gasteiger partial charge < -0.3 is 15.0 Å². The van der Waals surface area contributed by atoms with Gasteiger partial charge in [0.2, 0.25) is 5.91 Å². The van der Waals surface area contributed by atoms with Crippen molar-refractivity contribution in [3.05, 3.63) is 95.1 Å². The van der Waals surface area contributed by atoms with Crippen LogP contribution in [0.3, 0.4) is 0 Å². The number of anilines is 1. The minimum absolute atomic E-state index is 0.0900. The van der Waals surface area contributed by atoms with E-state index in [9.17, 15) is 14.4 Å². The van der Waals surface area contributed by atoms with Gasteiger partial charge in [0.1, 0.15) is 6.10 Å². The largest absolute Gasteiger partial charge is 0.454 e. The average molecular weight is 461 g/mol. The highest BCUT2D eigenvalue weighted by Gasteiger charge is 2.28. The van der Waals surface area contributed by atoms with Gasteiger partial charge in [-0.1, -0.05) is 42.5 Å². The zero-order valence-electron chi connectivity index (χ0n) is 18.4. The number of fused-ring (bicyclic) bond motifs is 1. The average Bonchev–Trinajstić information content (AvgIpc) is 2.84. The van der Waals surface area contributed by atoms with Crippen molar-refractivity contribution in [2.45, 2.75) is 17.4 Å². The SMILES string of the molecule is CSc1ccccc1NC(=O)CN(C)C(=O)c1ccc2c(c1)C[C@H](c1ccccc1)OC2=O. The van der Waals surface area contributed by atoms with Crippen LogP contribution < -0.4 is 5.32 Å². The monoisotopic (exact) mass is 460 g/mol. The Labute approximate surface area is 196 Å². The molecule has 6 nitrogen and oxygen atoms in total. The first-order valence-corrected chi connectivity index (χ1v) is 11.8. The molecule has 3 aromatic carbocycles. The highest BCUT2D eigenvalue weighted by molar-refractivity contribution is 7.98. The van der Waals surface area contributed by atoms with E-state index >= 15 is 0 Å². The van der Waals surface area contributed by atoms with Gasteiger partial charge in [-0.3, -0.25) is 9.59 Å². The maximum Gasteiger partial charge on any atom is 0.339 e.